The normalized spacial score (nSPS) is 19.0. The standard InChI is InChI=1S/C18H26O/c1-2-3-4-5-15-6-8-16(9-7-15)10-11-17-12-13-18(19)14-17/h6-9,17H,2-5,10-14H2,1H3. The second-order valence-corrected chi connectivity index (χ2v) is 5.96. The van der Waals surface area contributed by atoms with E-state index in [0.29, 0.717) is 11.7 Å². The molecule has 1 saturated carbocycles. The number of unbranched alkanes of at least 4 members (excludes halogenated alkanes) is 2. The molecule has 0 spiro atoms. The van der Waals surface area contributed by atoms with Gasteiger partial charge in [0.15, 0.2) is 0 Å². The van der Waals surface area contributed by atoms with E-state index in [9.17, 15) is 4.79 Å². The quantitative estimate of drug-likeness (QED) is 0.647. The van der Waals surface area contributed by atoms with Gasteiger partial charge in [-0.3, -0.25) is 4.79 Å². The van der Waals surface area contributed by atoms with E-state index >= 15 is 0 Å². The van der Waals surface area contributed by atoms with Gasteiger partial charge >= 0.3 is 0 Å². The monoisotopic (exact) mass is 258 g/mol. The Kier molecular flexibility index (Phi) is 5.62. The van der Waals surface area contributed by atoms with E-state index in [1.807, 2.05) is 0 Å². The third kappa shape index (κ3) is 4.81. The van der Waals surface area contributed by atoms with Gasteiger partial charge in [0.1, 0.15) is 5.78 Å². The van der Waals surface area contributed by atoms with E-state index in [2.05, 4.69) is 31.2 Å². The zero-order chi connectivity index (χ0) is 13.5. The molecule has 0 bridgehead atoms. The summed E-state index contributed by atoms with van der Waals surface area (Å²) in [6.07, 6.45) is 10.2. The van der Waals surface area contributed by atoms with Gasteiger partial charge in [-0.25, -0.2) is 0 Å². The van der Waals surface area contributed by atoms with E-state index in [4.69, 9.17) is 0 Å². The summed E-state index contributed by atoms with van der Waals surface area (Å²) < 4.78 is 0. The van der Waals surface area contributed by atoms with Crippen molar-refractivity contribution in [2.45, 2.75) is 64.7 Å². The summed E-state index contributed by atoms with van der Waals surface area (Å²) in [7, 11) is 0. The first-order chi connectivity index (χ1) is 9.28. The molecule has 0 N–H and O–H groups in total. The van der Waals surface area contributed by atoms with Gasteiger partial charge in [-0.1, -0.05) is 44.0 Å². The Morgan fingerprint density at radius 3 is 2.32 bits per heavy atom. The number of ketones is 1. The van der Waals surface area contributed by atoms with Gasteiger partial charge in [0.2, 0.25) is 0 Å². The SMILES string of the molecule is CCCCCc1ccc(CCC2CCC(=O)C2)cc1. The summed E-state index contributed by atoms with van der Waals surface area (Å²) in [5.41, 5.74) is 2.90. The lowest BCUT2D eigenvalue weighted by atomic mass is 9.97. The van der Waals surface area contributed by atoms with Crippen molar-refractivity contribution in [1.29, 1.82) is 0 Å². The summed E-state index contributed by atoms with van der Waals surface area (Å²) in [4.78, 5) is 11.2. The zero-order valence-corrected chi connectivity index (χ0v) is 12.2. The number of benzene rings is 1. The summed E-state index contributed by atoms with van der Waals surface area (Å²) >= 11 is 0. The highest BCUT2D eigenvalue weighted by Gasteiger charge is 2.21. The third-order valence-electron chi connectivity index (χ3n) is 4.28. The molecular formula is C18H26O. The van der Waals surface area contributed by atoms with Crippen molar-refractivity contribution >= 4 is 5.78 Å². The van der Waals surface area contributed by atoms with Crippen LogP contribution < -0.4 is 0 Å². The molecule has 2 rings (SSSR count). The maximum Gasteiger partial charge on any atom is 0.133 e. The van der Waals surface area contributed by atoms with Crippen LogP contribution in [0, 0.1) is 5.92 Å². The van der Waals surface area contributed by atoms with Crippen molar-refractivity contribution in [3.63, 3.8) is 0 Å². The Hall–Kier alpha value is -1.11. The summed E-state index contributed by atoms with van der Waals surface area (Å²) in [6.45, 7) is 2.25. The van der Waals surface area contributed by atoms with Crippen LogP contribution in [0.4, 0.5) is 0 Å². The molecule has 19 heavy (non-hydrogen) atoms. The maximum atomic E-state index is 11.2. The molecule has 0 saturated heterocycles. The summed E-state index contributed by atoms with van der Waals surface area (Å²) in [6, 6.07) is 9.12. The van der Waals surface area contributed by atoms with Crippen LogP contribution in [0.1, 0.15) is 63.0 Å². The summed E-state index contributed by atoms with van der Waals surface area (Å²) in [5, 5.41) is 0. The van der Waals surface area contributed by atoms with Crippen molar-refractivity contribution in [1.82, 2.24) is 0 Å². The number of carbonyl (C=O) groups excluding carboxylic acids is 1. The van der Waals surface area contributed by atoms with Crippen LogP contribution in [0.15, 0.2) is 24.3 Å². The molecular weight excluding hydrogens is 232 g/mol. The Labute approximate surface area is 117 Å². The lowest BCUT2D eigenvalue weighted by Crippen LogP contribution is -1.98. The Morgan fingerprint density at radius 2 is 1.74 bits per heavy atom. The molecule has 0 aliphatic heterocycles. The van der Waals surface area contributed by atoms with E-state index in [0.717, 1.165) is 25.7 Å². The zero-order valence-electron chi connectivity index (χ0n) is 12.2. The molecule has 0 amide bonds. The van der Waals surface area contributed by atoms with Crippen LogP contribution in [0.5, 0.6) is 0 Å². The van der Waals surface area contributed by atoms with Gasteiger partial charge in [0.25, 0.3) is 0 Å². The lowest BCUT2D eigenvalue weighted by Gasteiger charge is -2.08. The first-order valence-corrected chi connectivity index (χ1v) is 7.87. The van der Waals surface area contributed by atoms with Gasteiger partial charge < -0.3 is 0 Å². The molecule has 1 aliphatic carbocycles. The number of aryl methyl sites for hydroxylation is 2. The van der Waals surface area contributed by atoms with Crippen molar-refractivity contribution < 1.29 is 4.79 Å². The fourth-order valence-electron chi connectivity index (χ4n) is 2.96. The maximum absolute atomic E-state index is 11.2. The highest BCUT2D eigenvalue weighted by atomic mass is 16.1. The van der Waals surface area contributed by atoms with Crippen LogP contribution in [0.2, 0.25) is 0 Å². The van der Waals surface area contributed by atoms with Crippen LogP contribution in [-0.2, 0) is 17.6 Å². The van der Waals surface area contributed by atoms with Crippen LogP contribution >= 0.6 is 0 Å². The first-order valence-electron chi connectivity index (χ1n) is 7.87. The number of carbonyl (C=O) groups is 1. The van der Waals surface area contributed by atoms with Crippen LogP contribution in [0.3, 0.4) is 0 Å². The highest BCUT2D eigenvalue weighted by molar-refractivity contribution is 5.80. The largest absolute Gasteiger partial charge is 0.300 e. The number of Topliss-reactive ketones (excluding diaryl/α,β-unsaturated/α-hetero) is 1. The number of hydrogen-bond acceptors (Lipinski definition) is 1. The van der Waals surface area contributed by atoms with Crippen LogP contribution in [-0.4, -0.2) is 5.78 Å². The minimum atomic E-state index is 0.469. The molecule has 104 valence electrons. The molecule has 1 unspecified atom stereocenters. The predicted molar refractivity (Wildman–Crippen MR) is 80.3 cm³/mol. The molecule has 1 aliphatic rings. The van der Waals surface area contributed by atoms with E-state index in [1.54, 1.807) is 0 Å². The molecule has 1 aromatic rings. The van der Waals surface area contributed by atoms with E-state index < -0.39 is 0 Å². The summed E-state index contributed by atoms with van der Waals surface area (Å²) in [5.74, 6) is 1.12. The third-order valence-corrected chi connectivity index (χ3v) is 4.28. The first kappa shape index (κ1) is 14.3. The molecule has 0 aromatic heterocycles. The van der Waals surface area contributed by atoms with Crippen molar-refractivity contribution in [2.75, 3.05) is 0 Å². The Bertz CT molecular complexity index is 391. The minimum absolute atomic E-state index is 0.469. The van der Waals surface area contributed by atoms with Crippen LogP contribution in [0.25, 0.3) is 0 Å². The predicted octanol–water partition coefficient (Wildman–Crippen LogP) is 4.72. The Morgan fingerprint density at radius 1 is 1.05 bits per heavy atom. The van der Waals surface area contributed by atoms with E-state index in [1.165, 1.54) is 43.2 Å². The number of rotatable bonds is 7. The van der Waals surface area contributed by atoms with Gasteiger partial charge in [-0.05, 0) is 49.1 Å². The smallest absolute Gasteiger partial charge is 0.133 e. The van der Waals surface area contributed by atoms with Gasteiger partial charge in [0, 0.05) is 12.8 Å². The molecule has 1 atom stereocenters. The second-order valence-electron chi connectivity index (χ2n) is 5.96. The van der Waals surface area contributed by atoms with Gasteiger partial charge in [0.05, 0.1) is 0 Å². The molecule has 1 fully saturated rings. The fourth-order valence-corrected chi connectivity index (χ4v) is 2.96. The fraction of sp³-hybridized carbons (Fsp3) is 0.611. The van der Waals surface area contributed by atoms with Gasteiger partial charge in [-0.2, -0.15) is 0 Å². The molecule has 0 heterocycles. The Balaban J connectivity index is 1.73. The molecule has 0 radical (unpaired) electrons. The van der Waals surface area contributed by atoms with Crippen molar-refractivity contribution in [3.8, 4) is 0 Å². The second kappa shape index (κ2) is 7.47. The van der Waals surface area contributed by atoms with E-state index in [-0.39, 0.29) is 0 Å². The minimum Gasteiger partial charge on any atom is -0.300 e. The average Bonchev–Trinajstić information content (AvgIpc) is 2.84. The molecule has 1 aromatic carbocycles. The highest BCUT2D eigenvalue weighted by Crippen LogP contribution is 2.26. The lowest BCUT2D eigenvalue weighted by molar-refractivity contribution is -0.117. The molecule has 1 nitrogen and oxygen atoms in total. The average molecular weight is 258 g/mol. The number of hydrogen-bond donors (Lipinski definition) is 0. The van der Waals surface area contributed by atoms with Crippen molar-refractivity contribution in [3.05, 3.63) is 35.4 Å². The van der Waals surface area contributed by atoms with Gasteiger partial charge in [-0.15, -0.1) is 0 Å². The molecule has 1 heteroatoms. The van der Waals surface area contributed by atoms with Crippen molar-refractivity contribution in [2.24, 2.45) is 5.92 Å². The topological polar surface area (TPSA) is 17.1 Å².